The van der Waals surface area contributed by atoms with Gasteiger partial charge < -0.3 is 14.7 Å². The molecule has 1 fully saturated rings. The van der Waals surface area contributed by atoms with Gasteiger partial charge in [0.2, 0.25) is 0 Å². The molecule has 21 heavy (non-hydrogen) atoms. The molecule has 0 bridgehead atoms. The zero-order valence-corrected chi connectivity index (χ0v) is 12.4. The Bertz CT molecular complexity index is 482. The minimum Gasteiger partial charge on any atom is -0.481 e. The van der Waals surface area contributed by atoms with Gasteiger partial charge in [-0.2, -0.15) is 0 Å². The average molecular weight is 289 g/mol. The van der Waals surface area contributed by atoms with Crippen LogP contribution >= 0.6 is 0 Å². The first-order valence-electron chi connectivity index (χ1n) is 7.80. The number of hydrogen-bond acceptors (Lipinski definition) is 3. The van der Waals surface area contributed by atoms with E-state index in [1.165, 1.54) is 11.1 Å². The van der Waals surface area contributed by atoms with Crippen LogP contribution in [0, 0.1) is 5.41 Å². The standard InChI is InChI=1S/C17H23NO3/c19-16(20)17(7-11-21-12-8-17)13-18-9-5-14-3-1-2-4-15(14)6-10-18/h1-4H,5-13H2,(H,19,20). The molecule has 0 radical (unpaired) electrons. The molecule has 0 aliphatic carbocycles. The lowest BCUT2D eigenvalue weighted by atomic mass is 9.79. The molecule has 4 heteroatoms. The molecule has 1 N–H and O–H groups in total. The minimum atomic E-state index is -0.660. The zero-order chi connectivity index (χ0) is 14.7. The fourth-order valence-electron chi connectivity index (χ4n) is 3.50. The highest BCUT2D eigenvalue weighted by molar-refractivity contribution is 5.75. The van der Waals surface area contributed by atoms with E-state index >= 15 is 0 Å². The van der Waals surface area contributed by atoms with E-state index in [4.69, 9.17) is 4.74 Å². The Balaban J connectivity index is 1.69. The lowest BCUT2D eigenvalue weighted by molar-refractivity contribution is -0.156. The summed E-state index contributed by atoms with van der Waals surface area (Å²) in [5.74, 6) is -0.660. The number of carboxylic acids is 1. The SMILES string of the molecule is O=C(O)C1(CN2CCc3ccccc3CC2)CCOCC1. The maximum Gasteiger partial charge on any atom is 0.311 e. The van der Waals surface area contributed by atoms with Crippen molar-refractivity contribution in [3.05, 3.63) is 35.4 Å². The molecule has 114 valence electrons. The van der Waals surface area contributed by atoms with E-state index in [0.29, 0.717) is 32.6 Å². The van der Waals surface area contributed by atoms with Gasteiger partial charge in [0.15, 0.2) is 0 Å². The molecule has 0 atom stereocenters. The van der Waals surface area contributed by atoms with Gasteiger partial charge in [-0.05, 0) is 36.8 Å². The molecule has 0 saturated carbocycles. The van der Waals surface area contributed by atoms with Gasteiger partial charge in [0.1, 0.15) is 0 Å². The van der Waals surface area contributed by atoms with Crippen LogP contribution in [0.3, 0.4) is 0 Å². The minimum absolute atomic E-state index is 0.570. The molecule has 0 spiro atoms. The number of nitrogens with zero attached hydrogens (tertiary/aromatic N) is 1. The van der Waals surface area contributed by atoms with Crippen LogP contribution in [0.25, 0.3) is 0 Å². The highest BCUT2D eigenvalue weighted by Gasteiger charge is 2.41. The first kappa shape index (κ1) is 14.5. The van der Waals surface area contributed by atoms with Gasteiger partial charge in [-0.3, -0.25) is 4.79 Å². The van der Waals surface area contributed by atoms with Crippen LogP contribution in [0.2, 0.25) is 0 Å². The lowest BCUT2D eigenvalue weighted by Crippen LogP contribution is -2.47. The summed E-state index contributed by atoms with van der Waals surface area (Å²) < 4.78 is 5.36. The summed E-state index contributed by atoms with van der Waals surface area (Å²) in [4.78, 5) is 14.1. The molecule has 1 aromatic carbocycles. The van der Waals surface area contributed by atoms with Crippen LogP contribution in [0.15, 0.2) is 24.3 Å². The van der Waals surface area contributed by atoms with Gasteiger partial charge in [0, 0.05) is 32.8 Å². The summed E-state index contributed by atoms with van der Waals surface area (Å²) in [6.07, 6.45) is 3.29. The predicted molar refractivity (Wildman–Crippen MR) is 80.4 cm³/mol. The normalized spacial score (nSPS) is 22.3. The van der Waals surface area contributed by atoms with Gasteiger partial charge in [-0.25, -0.2) is 0 Å². The van der Waals surface area contributed by atoms with Crippen molar-refractivity contribution < 1.29 is 14.6 Å². The molecule has 4 nitrogen and oxygen atoms in total. The topological polar surface area (TPSA) is 49.8 Å². The molecule has 2 aliphatic heterocycles. The number of carbonyl (C=O) groups is 1. The van der Waals surface area contributed by atoms with Crippen molar-refractivity contribution in [2.45, 2.75) is 25.7 Å². The second-order valence-corrected chi connectivity index (χ2v) is 6.24. The van der Waals surface area contributed by atoms with Gasteiger partial charge in [-0.1, -0.05) is 24.3 Å². The molecule has 3 rings (SSSR count). The number of ether oxygens (including phenoxy) is 1. The van der Waals surface area contributed by atoms with E-state index < -0.39 is 11.4 Å². The summed E-state index contributed by atoms with van der Waals surface area (Å²) in [5.41, 5.74) is 2.21. The molecule has 2 heterocycles. The Morgan fingerprint density at radius 3 is 2.24 bits per heavy atom. The molecule has 1 aromatic rings. The third kappa shape index (κ3) is 3.11. The molecule has 2 aliphatic rings. The van der Waals surface area contributed by atoms with Crippen molar-refractivity contribution in [1.29, 1.82) is 0 Å². The van der Waals surface area contributed by atoms with Crippen LogP contribution < -0.4 is 0 Å². The van der Waals surface area contributed by atoms with Gasteiger partial charge in [0.25, 0.3) is 0 Å². The van der Waals surface area contributed by atoms with Crippen molar-refractivity contribution in [2.75, 3.05) is 32.8 Å². The zero-order valence-electron chi connectivity index (χ0n) is 12.4. The Kier molecular flexibility index (Phi) is 4.27. The smallest absolute Gasteiger partial charge is 0.311 e. The van der Waals surface area contributed by atoms with E-state index in [-0.39, 0.29) is 0 Å². The number of rotatable bonds is 3. The van der Waals surface area contributed by atoms with Crippen LogP contribution in [-0.2, 0) is 22.4 Å². The maximum absolute atomic E-state index is 11.8. The number of aliphatic carboxylic acids is 1. The lowest BCUT2D eigenvalue weighted by Gasteiger charge is -2.37. The van der Waals surface area contributed by atoms with E-state index in [9.17, 15) is 9.90 Å². The first-order chi connectivity index (χ1) is 10.2. The number of hydrogen-bond donors (Lipinski definition) is 1. The van der Waals surface area contributed by atoms with E-state index in [0.717, 1.165) is 25.9 Å². The molecular formula is C17H23NO3. The van der Waals surface area contributed by atoms with Crippen LogP contribution in [0.5, 0.6) is 0 Å². The number of carboxylic acid groups (broad SMARTS) is 1. The molecule has 0 unspecified atom stereocenters. The largest absolute Gasteiger partial charge is 0.481 e. The Labute approximate surface area is 125 Å². The van der Waals surface area contributed by atoms with Gasteiger partial charge >= 0.3 is 5.97 Å². The second-order valence-electron chi connectivity index (χ2n) is 6.24. The average Bonchev–Trinajstić information content (AvgIpc) is 2.71. The van der Waals surface area contributed by atoms with Crippen LogP contribution in [0.4, 0.5) is 0 Å². The molecule has 0 amide bonds. The van der Waals surface area contributed by atoms with Gasteiger partial charge in [-0.15, -0.1) is 0 Å². The Morgan fingerprint density at radius 2 is 1.71 bits per heavy atom. The summed E-state index contributed by atoms with van der Waals surface area (Å²) in [6, 6.07) is 8.57. The Morgan fingerprint density at radius 1 is 1.14 bits per heavy atom. The maximum atomic E-state index is 11.8. The highest BCUT2D eigenvalue weighted by Crippen LogP contribution is 2.32. The van der Waals surface area contributed by atoms with Crippen molar-refractivity contribution in [1.82, 2.24) is 4.90 Å². The monoisotopic (exact) mass is 289 g/mol. The number of benzene rings is 1. The predicted octanol–water partition coefficient (Wildman–Crippen LogP) is 1.97. The third-order valence-corrected chi connectivity index (χ3v) is 4.94. The summed E-state index contributed by atoms with van der Waals surface area (Å²) in [7, 11) is 0. The van der Waals surface area contributed by atoms with E-state index in [1.54, 1.807) is 0 Å². The fraction of sp³-hybridized carbons (Fsp3) is 0.588. The summed E-state index contributed by atoms with van der Waals surface area (Å²) in [6.45, 7) is 3.69. The second kappa shape index (κ2) is 6.16. The van der Waals surface area contributed by atoms with E-state index in [1.807, 2.05) is 0 Å². The first-order valence-corrected chi connectivity index (χ1v) is 7.80. The van der Waals surface area contributed by atoms with E-state index in [2.05, 4.69) is 29.2 Å². The highest BCUT2D eigenvalue weighted by atomic mass is 16.5. The fourth-order valence-corrected chi connectivity index (χ4v) is 3.50. The van der Waals surface area contributed by atoms with Crippen LogP contribution in [-0.4, -0.2) is 48.8 Å². The number of fused-ring (bicyclic) bond motifs is 1. The molecular weight excluding hydrogens is 266 g/mol. The summed E-state index contributed by atoms with van der Waals surface area (Å²) >= 11 is 0. The van der Waals surface area contributed by atoms with Crippen molar-refractivity contribution in [3.8, 4) is 0 Å². The Hall–Kier alpha value is -1.39. The van der Waals surface area contributed by atoms with Gasteiger partial charge in [0.05, 0.1) is 5.41 Å². The summed E-state index contributed by atoms with van der Waals surface area (Å²) in [5, 5.41) is 9.68. The third-order valence-electron chi connectivity index (χ3n) is 4.94. The van der Waals surface area contributed by atoms with Crippen molar-refractivity contribution in [2.24, 2.45) is 5.41 Å². The molecule has 1 saturated heterocycles. The van der Waals surface area contributed by atoms with Crippen LogP contribution in [0.1, 0.15) is 24.0 Å². The quantitative estimate of drug-likeness (QED) is 0.924. The van der Waals surface area contributed by atoms with Crippen molar-refractivity contribution in [3.63, 3.8) is 0 Å². The molecule has 0 aromatic heterocycles. The van der Waals surface area contributed by atoms with Crippen molar-refractivity contribution >= 4 is 5.97 Å².